The molecule has 0 amide bonds. The minimum absolute atomic E-state index is 0.185. The van der Waals surface area contributed by atoms with Crippen LogP contribution in [0.15, 0.2) is 141 Å². The van der Waals surface area contributed by atoms with Crippen LogP contribution in [-0.2, 0) is 19.7 Å². The monoisotopic (exact) mass is 570 g/mol. The van der Waals surface area contributed by atoms with Crippen LogP contribution in [0.1, 0.15) is 11.1 Å². The molecule has 0 radical (unpaired) electrons. The van der Waals surface area contributed by atoms with E-state index in [1.54, 1.807) is 97.1 Å². The summed E-state index contributed by atoms with van der Waals surface area (Å²) in [5, 5.41) is 0. The summed E-state index contributed by atoms with van der Waals surface area (Å²) >= 11 is 0. The molecule has 40 heavy (non-hydrogen) atoms. The van der Waals surface area contributed by atoms with Crippen LogP contribution < -0.4 is 9.47 Å². The van der Waals surface area contributed by atoms with Crippen molar-refractivity contribution >= 4 is 19.7 Å². The van der Waals surface area contributed by atoms with E-state index in [9.17, 15) is 16.8 Å². The average Bonchev–Trinajstić information content (AvgIpc) is 2.95. The van der Waals surface area contributed by atoms with Gasteiger partial charge in [0.05, 0.1) is 19.6 Å². The van der Waals surface area contributed by atoms with Crippen LogP contribution in [0.25, 0.3) is 0 Å². The van der Waals surface area contributed by atoms with E-state index in [2.05, 4.69) is 0 Å². The first-order valence-corrected chi connectivity index (χ1v) is 15.4. The highest BCUT2D eigenvalue weighted by atomic mass is 32.2. The Balaban J connectivity index is 1.22. The number of ether oxygens (including phenoxy) is 2. The maximum absolute atomic E-state index is 12.9. The Hall–Kier alpha value is -4.40. The fourth-order valence-electron chi connectivity index (χ4n) is 3.93. The van der Waals surface area contributed by atoms with E-state index in [0.29, 0.717) is 23.0 Å². The molecule has 8 heteroatoms. The fraction of sp³-hybridized carbons (Fsp3) is 0.0625. The molecule has 6 nitrogen and oxygen atoms in total. The van der Waals surface area contributed by atoms with Gasteiger partial charge >= 0.3 is 0 Å². The van der Waals surface area contributed by atoms with Crippen LogP contribution in [0.3, 0.4) is 0 Å². The second-order valence-electron chi connectivity index (χ2n) is 9.25. The van der Waals surface area contributed by atoms with Crippen molar-refractivity contribution in [3.63, 3.8) is 0 Å². The molecule has 0 saturated heterocycles. The number of rotatable bonds is 8. The van der Waals surface area contributed by atoms with Gasteiger partial charge < -0.3 is 9.47 Å². The van der Waals surface area contributed by atoms with Crippen molar-refractivity contribution in [2.75, 3.05) is 0 Å². The van der Waals surface area contributed by atoms with Gasteiger partial charge in [0, 0.05) is 0 Å². The van der Waals surface area contributed by atoms with E-state index in [1.807, 2.05) is 13.8 Å². The molecule has 202 valence electrons. The quantitative estimate of drug-likeness (QED) is 0.191. The highest BCUT2D eigenvalue weighted by Crippen LogP contribution is 2.30. The smallest absolute Gasteiger partial charge is 0.206 e. The number of aryl methyl sites for hydroxylation is 2. The third-order valence-electron chi connectivity index (χ3n) is 6.23. The number of hydrogen-bond acceptors (Lipinski definition) is 6. The van der Waals surface area contributed by atoms with Crippen molar-refractivity contribution in [1.29, 1.82) is 0 Å². The fourth-order valence-corrected chi connectivity index (χ4v) is 6.45. The van der Waals surface area contributed by atoms with E-state index >= 15 is 0 Å². The first-order chi connectivity index (χ1) is 19.1. The number of sulfone groups is 2. The summed E-state index contributed by atoms with van der Waals surface area (Å²) in [6.45, 7) is 3.81. The van der Waals surface area contributed by atoms with Crippen LogP contribution in [0.5, 0.6) is 23.0 Å². The summed E-state index contributed by atoms with van der Waals surface area (Å²) in [4.78, 5) is 0.852. The maximum atomic E-state index is 12.9. The van der Waals surface area contributed by atoms with E-state index in [4.69, 9.17) is 9.47 Å². The Morgan fingerprint density at radius 2 is 0.550 bits per heavy atom. The van der Waals surface area contributed by atoms with Crippen molar-refractivity contribution in [3.8, 4) is 23.0 Å². The van der Waals surface area contributed by atoms with E-state index in [0.717, 1.165) is 11.1 Å². The Morgan fingerprint density at radius 1 is 0.350 bits per heavy atom. The van der Waals surface area contributed by atoms with Gasteiger partial charge in [0.1, 0.15) is 23.0 Å². The second-order valence-corrected chi connectivity index (χ2v) is 13.2. The predicted octanol–water partition coefficient (Wildman–Crippen LogP) is 7.55. The molecule has 0 aliphatic heterocycles. The van der Waals surface area contributed by atoms with Gasteiger partial charge in [-0.2, -0.15) is 0 Å². The minimum Gasteiger partial charge on any atom is -0.457 e. The summed E-state index contributed by atoms with van der Waals surface area (Å²) in [5.74, 6) is 2.06. The summed E-state index contributed by atoms with van der Waals surface area (Å²) in [6.07, 6.45) is 0. The molecule has 5 aromatic rings. The summed E-state index contributed by atoms with van der Waals surface area (Å²) in [6, 6.07) is 32.9. The molecule has 0 heterocycles. The Bertz CT molecular complexity index is 1690. The number of hydrogen-bond donors (Lipinski definition) is 0. The van der Waals surface area contributed by atoms with Crippen LogP contribution in [0.4, 0.5) is 0 Å². The zero-order valence-electron chi connectivity index (χ0n) is 21.8. The zero-order valence-corrected chi connectivity index (χ0v) is 23.4. The molecule has 5 aromatic carbocycles. The van der Waals surface area contributed by atoms with Crippen LogP contribution in [0, 0.1) is 13.8 Å². The van der Waals surface area contributed by atoms with E-state index < -0.39 is 19.7 Å². The molecule has 0 bridgehead atoms. The third-order valence-corrected chi connectivity index (χ3v) is 9.80. The Morgan fingerprint density at radius 3 is 0.800 bits per heavy atom. The molecule has 5 rings (SSSR count). The highest BCUT2D eigenvalue weighted by molar-refractivity contribution is 7.91. The number of benzene rings is 5. The molecule has 0 atom stereocenters. The zero-order chi connectivity index (χ0) is 28.3. The SMILES string of the molecule is Cc1ccc(S(=O)(=O)c2ccc(Oc3ccc(Oc4ccc(S(=O)(=O)c5ccc(C)cc5)cc4)cc3)cc2)cc1. The van der Waals surface area contributed by atoms with Crippen LogP contribution in [-0.4, -0.2) is 16.8 Å². The molecule has 0 fully saturated rings. The van der Waals surface area contributed by atoms with Gasteiger partial charge in [0.2, 0.25) is 19.7 Å². The summed E-state index contributed by atoms with van der Waals surface area (Å²) in [7, 11) is -7.23. The van der Waals surface area contributed by atoms with Gasteiger partial charge in [0.15, 0.2) is 0 Å². The minimum atomic E-state index is -3.61. The van der Waals surface area contributed by atoms with E-state index in [1.165, 1.54) is 24.3 Å². The molecule has 0 saturated carbocycles. The lowest BCUT2D eigenvalue weighted by atomic mass is 10.2. The molecule has 0 unspecified atom stereocenters. The van der Waals surface area contributed by atoms with Crippen LogP contribution in [0.2, 0.25) is 0 Å². The summed E-state index contributed by atoms with van der Waals surface area (Å²) < 4.78 is 63.2. The Labute approximate surface area is 234 Å². The first kappa shape index (κ1) is 27.2. The Kier molecular flexibility index (Phi) is 7.47. The standard InChI is InChI=1S/C32H26O6S2/c1-23-3-15-29(16-4-23)39(33,34)31-19-11-27(12-20-31)37-25-7-9-26(10-8-25)38-28-13-21-32(22-14-28)40(35,36)30-17-5-24(2)6-18-30/h3-22H,1-2H3. The van der Waals surface area contributed by atoms with Crippen molar-refractivity contribution in [2.45, 2.75) is 33.4 Å². The van der Waals surface area contributed by atoms with Gasteiger partial charge in [-0.3, -0.25) is 0 Å². The van der Waals surface area contributed by atoms with Gasteiger partial charge in [-0.15, -0.1) is 0 Å². The molecule has 0 aliphatic carbocycles. The predicted molar refractivity (Wildman–Crippen MR) is 153 cm³/mol. The van der Waals surface area contributed by atoms with Gasteiger partial charge in [-0.05, 0) is 111 Å². The lowest BCUT2D eigenvalue weighted by Crippen LogP contribution is -2.01. The lowest BCUT2D eigenvalue weighted by molar-refractivity contribution is 0.469. The van der Waals surface area contributed by atoms with Gasteiger partial charge in [-0.25, -0.2) is 16.8 Å². The largest absolute Gasteiger partial charge is 0.457 e. The molecule has 0 spiro atoms. The first-order valence-electron chi connectivity index (χ1n) is 12.4. The maximum Gasteiger partial charge on any atom is 0.206 e. The van der Waals surface area contributed by atoms with Crippen molar-refractivity contribution in [1.82, 2.24) is 0 Å². The van der Waals surface area contributed by atoms with Crippen molar-refractivity contribution < 1.29 is 26.3 Å². The summed E-state index contributed by atoms with van der Waals surface area (Å²) in [5.41, 5.74) is 1.97. The molecular weight excluding hydrogens is 544 g/mol. The lowest BCUT2D eigenvalue weighted by Gasteiger charge is -2.10. The molecular formula is C32H26O6S2. The van der Waals surface area contributed by atoms with Crippen molar-refractivity contribution in [2.24, 2.45) is 0 Å². The van der Waals surface area contributed by atoms with Crippen molar-refractivity contribution in [3.05, 3.63) is 132 Å². The normalized spacial score (nSPS) is 11.7. The molecule has 0 aromatic heterocycles. The van der Waals surface area contributed by atoms with Crippen LogP contribution >= 0.6 is 0 Å². The molecule has 0 aliphatic rings. The topological polar surface area (TPSA) is 86.7 Å². The van der Waals surface area contributed by atoms with E-state index in [-0.39, 0.29) is 19.6 Å². The second kappa shape index (κ2) is 11.0. The molecule has 0 N–H and O–H groups in total. The third kappa shape index (κ3) is 5.93. The van der Waals surface area contributed by atoms with Gasteiger partial charge in [0.25, 0.3) is 0 Å². The van der Waals surface area contributed by atoms with Gasteiger partial charge in [-0.1, -0.05) is 35.4 Å². The average molecular weight is 571 g/mol. The highest BCUT2D eigenvalue weighted by Gasteiger charge is 2.18.